The smallest absolute Gasteiger partial charge is 0.0319 e. The van der Waals surface area contributed by atoms with Crippen molar-refractivity contribution in [1.29, 1.82) is 0 Å². The van der Waals surface area contributed by atoms with Crippen LogP contribution in [0.1, 0.15) is 0 Å². The summed E-state index contributed by atoms with van der Waals surface area (Å²) in [5.74, 6) is 0. The molecule has 1 radical (unpaired) electrons. The maximum atomic E-state index is 7.75. The number of hydrogen-bond acceptors (Lipinski definition) is 5. The van der Waals surface area contributed by atoms with Gasteiger partial charge in [0.05, 0.1) is 0 Å². The fraction of sp³-hybridized carbons (Fsp3) is 0.200. The van der Waals surface area contributed by atoms with Crippen LogP contribution in [-0.4, -0.2) is 39.4 Å². The third-order valence-corrected chi connectivity index (χ3v) is 0. The summed E-state index contributed by atoms with van der Waals surface area (Å²) in [6.45, 7) is 13.0. The summed E-state index contributed by atoms with van der Waals surface area (Å²) in [6.07, 6.45) is 0. The molecule has 0 aliphatic rings. The van der Waals surface area contributed by atoms with Gasteiger partial charge in [0.1, 0.15) is 0 Å². The van der Waals surface area contributed by atoms with Gasteiger partial charge in [-0.25, -0.2) is 0 Å². The Morgan fingerprint density at radius 1 is 0.636 bits per heavy atom. The molecule has 0 fully saturated rings. The molecule has 0 spiro atoms. The minimum atomic E-state index is 0. The standard InChI is InChI=1S/CH4O.4CHO.Co/c5*1-2;/h2H,1H3;4*1H;/q;4*-1;. The monoisotopic (exact) mass is 207 g/mol. The zero-order valence-corrected chi connectivity index (χ0v) is 6.76. The van der Waals surface area contributed by atoms with Crippen LogP contribution >= 0.6 is 0 Å². The van der Waals surface area contributed by atoms with Crippen molar-refractivity contribution in [3.8, 4) is 0 Å². The van der Waals surface area contributed by atoms with Gasteiger partial charge in [-0.2, -0.15) is 0 Å². The molecule has 0 aromatic heterocycles. The van der Waals surface area contributed by atoms with Crippen molar-refractivity contribution in [2.24, 2.45) is 0 Å². The first-order valence-electron chi connectivity index (χ1n) is 1.39. The van der Waals surface area contributed by atoms with Crippen LogP contribution in [0.4, 0.5) is 0 Å². The first-order chi connectivity index (χ1) is 5.00. The molecule has 0 heterocycles. The fourth-order valence-corrected chi connectivity index (χ4v) is 0. The molecule has 0 atom stereocenters. The van der Waals surface area contributed by atoms with Gasteiger partial charge in [0.25, 0.3) is 0 Å². The van der Waals surface area contributed by atoms with E-state index >= 15 is 0 Å². The molecular formula is C5H8CoO5-4. The van der Waals surface area contributed by atoms with Gasteiger partial charge < -0.3 is 24.3 Å². The third-order valence-electron chi connectivity index (χ3n) is 0. The van der Waals surface area contributed by atoms with Crippen molar-refractivity contribution in [2.75, 3.05) is 7.11 Å². The minimum absolute atomic E-state index is 0. The summed E-state index contributed by atoms with van der Waals surface area (Å²) in [5, 5.41) is 7.00. The second kappa shape index (κ2) is 833. The predicted octanol–water partition coefficient (Wildman–Crippen LogP) is -1.49. The molecule has 0 aromatic carbocycles. The molecule has 0 aromatic rings. The Hall–Kier alpha value is -0.854. The topological polar surface area (TPSA) is 88.5 Å². The molecule has 0 rings (SSSR count). The van der Waals surface area contributed by atoms with Crippen LogP contribution in [-0.2, 0) is 36.0 Å². The van der Waals surface area contributed by atoms with E-state index < -0.39 is 0 Å². The van der Waals surface area contributed by atoms with E-state index in [1.54, 1.807) is 0 Å². The summed E-state index contributed by atoms with van der Waals surface area (Å²) >= 11 is 0. The van der Waals surface area contributed by atoms with Gasteiger partial charge in [-0.05, 0) is 0 Å². The zero-order valence-electron chi connectivity index (χ0n) is 5.72. The van der Waals surface area contributed by atoms with Crippen LogP contribution in [0.15, 0.2) is 0 Å². The molecule has 1 N–H and O–H groups in total. The van der Waals surface area contributed by atoms with Gasteiger partial charge in [-0.1, -0.05) is 0 Å². The summed E-state index contributed by atoms with van der Waals surface area (Å²) < 4.78 is 0. The number of aliphatic hydroxyl groups is 1. The Bertz CT molecular complexity index is 22.8. The van der Waals surface area contributed by atoms with E-state index in [4.69, 9.17) is 24.3 Å². The number of aliphatic hydroxyl groups excluding tert-OH is 1. The van der Waals surface area contributed by atoms with Gasteiger partial charge in [-0.15, -0.1) is 0 Å². The van der Waals surface area contributed by atoms with Crippen molar-refractivity contribution in [3.63, 3.8) is 0 Å². The molecule has 11 heavy (non-hydrogen) atoms. The Balaban J connectivity index is -0.00000000694. The first-order valence-corrected chi connectivity index (χ1v) is 1.39. The molecule has 0 aliphatic heterocycles. The first kappa shape index (κ1) is 49.4. The van der Waals surface area contributed by atoms with E-state index in [2.05, 4.69) is 27.2 Å². The van der Waals surface area contributed by atoms with Crippen molar-refractivity contribution >= 4 is 27.2 Å². The molecule has 0 unspecified atom stereocenters. The van der Waals surface area contributed by atoms with Gasteiger partial charge >= 0.3 is 0 Å². The van der Waals surface area contributed by atoms with E-state index in [1.807, 2.05) is 0 Å². The van der Waals surface area contributed by atoms with Crippen LogP contribution in [0.3, 0.4) is 0 Å². The van der Waals surface area contributed by atoms with Crippen LogP contribution in [0.5, 0.6) is 0 Å². The Morgan fingerprint density at radius 2 is 0.636 bits per heavy atom. The Kier molecular flexibility index (Phi) is 3740. The van der Waals surface area contributed by atoms with Crippen molar-refractivity contribution in [1.82, 2.24) is 0 Å². The average Bonchev–Trinajstić information content (AvgIpc) is 2.20. The summed E-state index contributed by atoms with van der Waals surface area (Å²) in [6, 6.07) is 0. The molecule has 0 saturated carbocycles. The normalized spacial score (nSPS) is 2.00. The van der Waals surface area contributed by atoms with Crippen molar-refractivity contribution < 1.29 is 41.1 Å². The summed E-state index contributed by atoms with van der Waals surface area (Å²) in [7, 11) is 1.00. The Morgan fingerprint density at radius 3 is 0.636 bits per heavy atom. The molecule has 0 amide bonds. The van der Waals surface area contributed by atoms with Crippen molar-refractivity contribution in [3.05, 3.63) is 0 Å². The van der Waals surface area contributed by atoms with Gasteiger partial charge in [0.15, 0.2) is 0 Å². The Labute approximate surface area is 76.0 Å². The number of rotatable bonds is 0. The molecule has 0 saturated heterocycles. The van der Waals surface area contributed by atoms with Gasteiger partial charge in [-0.3, -0.25) is 27.2 Å². The molecule has 6 heteroatoms. The summed E-state index contributed by atoms with van der Waals surface area (Å²) in [5.41, 5.74) is 0. The fourth-order valence-electron chi connectivity index (χ4n) is 0. The van der Waals surface area contributed by atoms with Crippen molar-refractivity contribution in [2.45, 2.75) is 0 Å². The van der Waals surface area contributed by atoms with Crippen LogP contribution in [0.2, 0.25) is 0 Å². The molecule has 71 valence electrons. The van der Waals surface area contributed by atoms with Crippen LogP contribution < -0.4 is 0 Å². The molecule has 0 bridgehead atoms. The van der Waals surface area contributed by atoms with Crippen LogP contribution in [0.25, 0.3) is 0 Å². The van der Waals surface area contributed by atoms with Crippen LogP contribution in [0, 0.1) is 0 Å². The summed E-state index contributed by atoms with van der Waals surface area (Å²) in [4.78, 5) is 31.0. The third kappa shape index (κ3) is 641. The van der Waals surface area contributed by atoms with Gasteiger partial charge in [0, 0.05) is 23.9 Å². The SMILES string of the molecule is CO.[CH-]=O.[CH-]=O.[CH-]=O.[CH-]=O.[Co]. The van der Waals surface area contributed by atoms with E-state index in [-0.39, 0.29) is 16.8 Å². The maximum Gasteiger partial charge on any atom is 0.0319 e. The van der Waals surface area contributed by atoms with E-state index in [0.717, 1.165) is 7.11 Å². The van der Waals surface area contributed by atoms with E-state index in [0.29, 0.717) is 0 Å². The average molecular weight is 207 g/mol. The van der Waals surface area contributed by atoms with E-state index in [9.17, 15) is 0 Å². The zero-order chi connectivity index (χ0) is 10.0. The van der Waals surface area contributed by atoms with Gasteiger partial charge in [0.2, 0.25) is 0 Å². The molecule has 0 aliphatic carbocycles. The number of hydrogen-bond donors (Lipinski definition) is 1. The second-order valence-electron chi connectivity index (χ2n) is 0. The maximum absolute atomic E-state index is 7.75. The quantitative estimate of drug-likeness (QED) is 0.386. The van der Waals surface area contributed by atoms with E-state index in [1.165, 1.54) is 0 Å². The predicted molar refractivity (Wildman–Crippen MR) is 35.1 cm³/mol. The molecule has 5 nitrogen and oxygen atoms in total. The number of carbonyl (C=O) groups excluding carboxylic acids is 4. The molecular weight excluding hydrogens is 199 g/mol. The second-order valence-corrected chi connectivity index (χ2v) is 0. The minimum Gasteiger partial charge on any atom is -0.545 e. The largest absolute Gasteiger partial charge is 0.545 e.